The van der Waals surface area contributed by atoms with Gasteiger partial charge in [0.15, 0.2) is 0 Å². The van der Waals surface area contributed by atoms with E-state index in [1.54, 1.807) is 0 Å². The molecule has 4 rings (SSSR count). The Labute approximate surface area is 160 Å². The first-order chi connectivity index (χ1) is 12.8. The van der Waals surface area contributed by atoms with Gasteiger partial charge in [0, 0.05) is 47.0 Å². The summed E-state index contributed by atoms with van der Waals surface area (Å²) in [6, 6.07) is 8.72. The predicted molar refractivity (Wildman–Crippen MR) is 111 cm³/mol. The van der Waals surface area contributed by atoms with E-state index in [4.69, 9.17) is 4.98 Å². The van der Waals surface area contributed by atoms with E-state index in [9.17, 15) is 0 Å². The average Bonchev–Trinajstić information content (AvgIpc) is 3.23. The third-order valence-corrected chi connectivity index (χ3v) is 5.52. The largest absolute Gasteiger partial charge is 0.303 e. The minimum atomic E-state index is 0.0768. The summed E-state index contributed by atoms with van der Waals surface area (Å²) in [5.41, 5.74) is 8.60. The molecule has 0 amide bonds. The number of aryl methyl sites for hydroxylation is 2. The fraction of sp³-hybridized carbons (Fsp3) is 0.391. The Morgan fingerprint density at radius 2 is 1.89 bits per heavy atom. The molecule has 0 N–H and O–H groups in total. The topological polar surface area (TPSA) is 34.6 Å². The highest BCUT2D eigenvalue weighted by atomic mass is 15.0. The number of nitrogens with zero attached hydrogens (tertiary/aromatic N) is 4. The molecule has 0 radical (unpaired) electrons. The quantitative estimate of drug-likeness (QED) is 0.500. The molecule has 0 saturated heterocycles. The average molecular weight is 361 g/mol. The Kier molecular flexibility index (Phi) is 4.10. The zero-order chi connectivity index (χ0) is 19.3. The molecule has 0 aliphatic carbocycles. The summed E-state index contributed by atoms with van der Waals surface area (Å²) >= 11 is 0. The molecule has 0 aliphatic rings. The van der Waals surface area contributed by atoms with Gasteiger partial charge in [-0.3, -0.25) is 0 Å². The van der Waals surface area contributed by atoms with Gasteiger partial charge in [-0.1, -0.05) is 33.8 Å². The van der Waals surface area contributed by atoms with Gasteiger partial charge < -0.3 is 8.80 Å². The van der Waals surface area contributed by atoms with Gasteiger partial charge in [-0.25, -0.2) is 9.97 Å². The summed E-state index contributed by atoms with van der Waals surface area (Å²) in [4.78, 5) is 9.23. The van der Waals surface area contributed by atoms with Crippen LogP contribution in [0.25, 0.3) is 11.3 Å². The summed E-state index contributed by atoms with van der Waals surface area (Å²) in [6.07, 6.45) is 6.90. The fourth-order valence-corrected chi connectivity index (χ4v) is 4.10. The molecule has 4 heteroatoms. The Balaban J connectivity index is 1.81. The highest BCUT2D eigenvalue weighted by Gasteiger charge is 2.22. The maximum atomic E-state index is 4.71. The zero-order valence-corrected chi connectivity index (χ0v) is 17.1. The molecule has 0 bridgehead atoms. The Morgan fingerprint density at radius 1 is 1.11 bits per heavy atom. The number of pyridine rings is 2. The van der Waals surface area contributed by atoms with Crippen LogP contribution >= 0.6 is 0 Å². The van der Waals surface area contributed by atoms with Crippen LogP contribution in [-0.2, 0) is 11.8 Å². The van der Waals surface area contributed by atoms with E-state index in [0.29, 0.717) is 5.92 Å². The molecule has 27 heavy (non-hydrogen) atoms. The molecule has 0 aromatic carbocycles. The molecule has 0 fully saturated rings. The van der Waals surface area contributed by atoms with Crippen LogP contribution in [0.5, 0.6) is 0 Å². The van der Waals surface area contributed by atoms with Gasteiger partial charge in [0.1, 0.15) is 11.3 Å². The molecule has 140 valence electrons. The first-order valence-corrected chi connectivity index (χ1v) is 9.66. The van der Waals surface area contributed by atoms with Crippen LogP contribution in [-0.4, -0.2) is 18.8 Å². The van der Waals surface area contributed by atoms with Crippen LogP contribution in [0.4, 0.5) is 0 Å². The summed E-state index contributed by atoms with van der Waals surface area (Å²) in [5, 5.41) is 0. The zero-order valence-electron chi connectivity index (χ0n) is 17.1. The van der Waals surface area contributed by atoms with Gasteiger partial charge in [-0.05, 0) is 49.6 Å². The number of rotatable bonds is 3. The van der Waals surface area contributed by atoms with Gasteiger partial charge in [0.2, 0.25) is 0 Å². The summed E-state index contributed by atoms with van der Waals surface area (Å²) in [7, 11) is 0. The van der Waals surface area contributed by atoms with E-state index in [2.05, 4.69) is 85.8 Å². The van der Waals surface area contributed by atoms with Crippen LogP contribution in [0.1, 0.15) is 61.8 Å². The van der Waals surface area contributed by atoms with Crippen LogP contribution in [0.2, 0.25) is 0 Å². The summed E-state index contributed by atoms with van der Waals surface area (Å²) < 4.78 is 4.53. The number of hydrogen-bond acceptors (Lipinski definition) is 2. The molecule has 0 spiro atoms. The maximum Gasteiger partial charge on any atom is 0.140 e. The first-order valence-electron chi connectivity index (χ1n) is 9.66. The second-order valence-electron chi connectivity index (χ2n) is 8.71. The molecule has 4 aromatic rings. The van der Waals surface area contributed by atoms with Crippen molar-refractivity contribution < 1.29 is 0 Å². The van der Waals surface area contributed by atoms with Gasteiger partial charge in [-0.15, -0.1) is 0 Å². The molecule has 0 aliphatic heterocycles. The highest BCUT2D eigenvalue weighted by Crippen LogP contribution is 2.30. The van der Waals surface area contributed by atoms with E-state index < -0.39 is 0 Å². The van der Waals surface area contributed by atoms with Crippen molar-refractivity contribution >= 4 is 11.3 Å². The monoisotopic (exact) mass is 360 g/mol. The molecule has 1 unspecified atom stereocenters. The predicted octanol–water partition coefficient (Wildman–Crippen LogP) is 5.24. The Bertz CT molecular complexity index is 1120. The van der Waals surface area contributed by atoms with Gasteiger partial charge >= 0.3 is 0 Å². The molecular weight excluding hydrogens is 332 g/mol. The SMILES string of the molecule is Cc1cc(C(C)(C)C)n2ccnc2c1CC(C)c1cccc2ncc(C)n12. The lowest BCUT2D eigenvalue weighted by Gasteiger charge is -2.24. The van der Waals surface area contributed by atoms with Crippen molar-refractivity contribution in [2.45, 2.75) is 59.3 Å². The third-order valence-electron chi connectivity index (χ3n) is 5.52. The lowest BCUT2D eigenvalue weighted by Crippen LogP contribution is -2.18. The van der Waals surface area contributed by atoms with E-state index in [-0.39, 0.29) is 5.41 Å². The van der Waals surface area contributed by atoms with Gasteiger partial charge in [0.25, 0.3) is 0 Å². The van der Waals surface area contributed by atoms with E-state index in [1.807, 2.05) is 12.4 Å². The minimum Gasteiger partial charge on any atom is -0.303 e. The van der Waals surface area contributed by atoms with Crippen molar-refractivity contribution in [3.8, 4) is 0 Å². The molecular formula is C23H28N4. The number of hydrogen-bond donors (Lipinski definition) is 0. The smallest absolute Gasteiger partial charge is 0.140 e. The lowest BCUT2D eigenvalue weighted by atomic mass is 9.88. The summed E-state index contributed by atoms with van der Waals surface area (Å²) in [6.45, 7) is 13.4. The summed E-state index contributed by atoms with van der Waals surface area (Å²) in [5.74, 6) is 0.362. The molecule has 4 nitrogen and oxygen atoms in total. The molecule has 4 aromatic heterocycles. The maximum absolute atomic E-state index is 4.71. The van der Waals surface area contributed by atoms with E-state index in [1.165, 1.54) is 28.2 Å². The van der Waals surface area contributed by atoms with Crippen LogP contribution in [0.3, 0.4) is 0 Å². The van der Waals surface area contributed by atoms with E-state index in [0.717, 1.165) is 17.7 Å². The molecule has 4 heterocycles. The van der Waals surface area contributed by atoms with Crippen LogP contribution < -0.4 is 0 Å². The number of fused-ring (bicyclic) bond motifs is 2. The van der Waals surface area contributed by atoms with Crippen LogP contribution in [0, 0.1) is 13.8 Å². The Hall–Kier alpha value is -2.62. The fourth-order valence-electron chi connectivity index (χ4n) is 4.10. The second kappa shape index (κ2) is 6.22. The van der Waals surface area contributed by atoms with Crippen LogP contribution in [0.15, 0.2) is 42.9 Å². The van der Waals surface area contributed by atoms with E-state index >= 15 is 0 Å². The Morgan fingerprint density at radius 3 is 2.63 bits per heavy atom. The van der Waals surface area contributed by atoms with Crippen molar-refractivity contribution in [3.63, 3.8) is 0 Å². The van der Waals surface area contributed by atoms with Crippen molar-refractivity contribution in [3.05, 3.63) is 71.1 Å². The first kappa shape index (κ1) is 17.8. The van der Waals surface area contributed by atoms with Crippen molar-refractivity contribution in [1.29, 1.82) is 0 Å². The molecule has 0 saturated carbocycles. The standard InChI is InChI=1S/C23H28N4/c1-15-13-20(23(4,5)6)26-11-10-24-22(26)18(15)12-16(2)19-8-7-9-21-25-14-17(3)27(19)21/h7-11,13-14,16H,12H2,1-6H3. The van der Waals surface area contributed by atoms with Gasteiger partial charge in [0.05, 0.1) is 0 Å². The van der Waals surface area contributed by atoms with Crippen molar-refractivity contribution in [2.24, 2.45) is 0 Å². The second-order valence-corrected chi connectivity index (χ2v) is 8.71. The molecule has 1 atom stereocenters. The lowest BCUT2D eigenvalue weighted by molar-refractivity contribution is 0.559. The highest BCUT2D eigenvalue weighted by molar-refractivity contribution is 5.55. The third kappa shape index (κ3) is 2.93. The van der Waals surface area contributed by atoms with Crippen molar-refractivity contribution in [1.82, 2.24) is 18.8 Å². The number of imidazole rings is 2. The normalized spacial score (nSPS) is 13.6. The number of aromatic nitrogens is 4. The minimum absolute atomic E-state index is 0.0768. The van der Waals surface area contributed by atoms with Gasteiger partial charge in [-0.2, -0.15) is 0 Å². The van der Waals surface area contributed by atoms with Crippen molar-refractivity contribution in [2.75, 3.05) is 0 Å².